The van der Waals surface area contributed by atoms with E-state index in [4.69, 9.17) is 0 Å². The number of carbonyl (C=O) groups excluding carboxylic acids is 1. The molecule has 1 fully saturated rings. The smallest absolute Gasteiger partial charge is 0.254 e. The molecule has 1 aromatic heterocycles. The fraction of sp³-hybridized carbons (Fsp3) is 0.294. The second kappa shape index (κ2) is 7.35. The third-order valence-electron chi connectivity index (χ3n) is 4.32. The highest BCUT2D eigenvalue weighted by Crippen LogP contribution is 2.26. The molecule has 1 unspecified atom stereocenters. The summed E-state index contributed by atoms with van der Waals surface area (Å²) in [5, 5.41) is 1.42. The number of sulfone groups is 2. The molecule has 1 atom stereocenters. The van der Waals surface area contributed by atoms with E-state index in [9.17, 15) is 26.0 Å². The Morgan fingerprint density at radius 2 is 2.07 bits per heavy atom. The largest absolute Gasteiger partial charge is 0.348 e. The Bertz CT molecular complexity index is 1070. The monoisotopic (exact) mass is 412 g/mol. The average Bonchev–Trinajstić information content (AvgIpc) is 3.01. The zero-order chi connectivity index (χ0) is 19.7. The predicted molar refractivity (Wildman–Crippen MR) is 96.1 cm³/mol. The Hall–Kier alpha value is -2.33. The van der Waals surface area contributed by atoms with Crippen molar-refractivity contribution in [1.82, 2.24) is 10.3 Å². The van der Waals surface area contributed by atoms with Crippen molar-refractivity contribution < 1.29 is 26.0 Å². The van der Waals surface area contributed by atoms with Crippen LogP contribution in [0.2, 0.25) is 0 Å². The lowest BCUT2D eigenvalue weighted by Gasteiger charge is -2.12. The summed E-state index contributed by atoms with van der Waals surface area (Å²) in [6, 6.07) is 6.31. The van der Waals surface area contributed by atoms with Crippen molar-refractivity contribution in [2.45, 2.75) is 23.1 Å². The average molecular weight is 412 g/mol. The Morgan fingerprint density at radius 1 is 1.30 bits per heavy atom. The molecule has 1 aromatic carbocycles. The van der Waals surface area contributed by atoms with Crippen molar-refractivity contribution in [3.05, 3.63) is 59.7 Å². The maximum absolute atomic E-state index is 14.1. The molecule has 10 heteroatoms. The van der Waals surface area contributed by atoms with Crippen LogP contribution in [0.3, 0.4) is 0 Å². The summed E-state index contributed by atoms with van der Waals surface area (Å²) in [5.74, 6) is -2.30. The number of nitrogens with one attached hydrogen (secondary N) is 1. The lowest BCUT2D eigenvalue weighted by Crippen LogP contribution is -2.26. The van der Waals surface area contributed by atoms with Gasteiger partial charge < -0.3 is 5.32 Å². The number of nitrogens with zero attached hydrogens (tertiary/aromatic N) is 1. The highest BCUT2D eigenvalue weighted by atomic mass is 32.2. The molecular formula is C17H17FN2O5S2. The summed E-state index contributed by atoms with van der Waals surface area (Å²) in [6.07, 6.45) is 3.10. The van der Waals surface area contributed by atoms with Crippen LogP contribution in [0.1, 0.15) is 22.3 Å². The molecule has 0 bridgehead atoms. The number of benzene rings is 1. The molecule has 0 aliphatic carbocycles. The molecule has 1 amide bonds. The Morgan fingerprint density at radius 3 is 2.70 bits per heavy atom. The number of pyridine rings is 1. The summed E-state index contributed by atoms with van der Waals surface area (Å²) >= 11 is 0. The highest BCUT2D eigenvalue weighted by Gasteiger charge is 2.38. The number of aromatic nitrogens is 1. The van der Waals surface area contributed by atoms with Gasteiger partial charge in [-0.2, -0.15) is 0 Å². The van der Waals surface area contributed by atoms with E-state index in [1.807, 2.05) is 0 Å². The van der Waals surface area contributed by atoms with Gasteiger partial charge in [0.2, 0.25) is 0 Å². The van der Waals surface area contributed by atoms with Gasteiger partial charge >= 0.3 is 0 Å². The molecule has 0 saturated carbocycles. The van der Waals surface area contributed by atoms with Crippen molar-refractivity contribution in [1.29, 1.82) is 0 Å². The van der Waals surface area contributed by atoms with Crippen LogP contribution < -0.4 is 5.32 Å². The van der Waals surface area contributed by atoms with Gasteiger partial charge in [-0.1, -0.05) is 6.07 Å². The summed E-state index contributed by atoms with van der Waals surface area (Å²) in [7, 11) is -7.38. The molecule has 2 heterocycles. The normalized spacial score (nSPS) is 18.9. The van der Waals surface area contributed by atoms with Gasteiger partial charge in [0.05, 0.1) is 27.2 Å². The van der Waals surface area contributed by atoms with Gasteiger partial charge in [0.25, 0.3) is 5.91 Å². The zero-order valence-electron chi connectivity index (χ0n) is 14.1. The molecule has 1 aliphatic rings. The molecule has 1 aliphatic heterocycles. The molecule has 144 valence electrons. The highest BCUT2D eigenvalue weighted by molar-refractivity contribution is 7.96. The first-order chi connectivity index (χ1) is 12.7. The third-order valence-corrected chi connectivity index (χ3v) is 8.49. The van der Waals surface area contributed by atoms with E-state index in [0.717, 1.165) is 18.2 Å². The van der Waals surface area contributed by atoms with Crippen LogP contribution in [-0.2, 0) is 26.2 Å². The molecule has 0 spiro atoms. The van der Waals surface area contributed by atoms with Crippen LogP contribution in [-0.4, -0.2) is 44.5 Å². The van der Waals surface area contributed by atoms with Crippen molar-refractivity contribution in [2.24, 2.45) is 0 Å². The quantitative estimate of drug-likeness (QED) is 0.737. The third kappa shape index (κ3) is 4.33. The summed E-state index contributed by atoms with van der Waals surface area (Å²) in [5.41, 5.74) is 0.284. The van der Waals surface area contributed by atoms with Crippen LogP contribution >= 0.6 is 0 Å². The van der Waals surface area contributed by atoms with Crippen LogP contribution in [0.5, 0.6) is 0 Å². The number of carbonyl (C=O) groups is 1. The molecule has 1 N–H and O–H groups in total. The van der Waals surface area contributed by atoms with Crippen LogP contribution in [0.4, 0.5) is 4.39 Å². The van der Waals surface area contributed by atoms with Crippen molar-refractivity contribution >= 4 is 25.6 Å². The van der Waals surface area contributed by atoms with Crippen molar-refractivity contribution in [3.63, 3.8) is 0 Å². The van der Waals surface area contributed by atoms with Crippen molar-refractivity contribution in [2.75, 3.05) is 11.5 Å². The van der Waals surface area contributed by atoms with Crippen molar-refractivity contribution in [3.8, 4) is 0 Å². The van der Waals surface area contributed by atoms with Gasteiger partial charge in [0.1, 0.15) is 5.82 Å². The summed E-state index contributed by atoms with van der Waals surface area (Å²) in [4.78, 5) is 15.9. The van der Waals surface area contributed by atoms with E-state index in [1.54, 1.807) is 18.3 Å². The van der Waals surface area contributed by atoms with E-state index in [2.05, 4.69) is 10.3 Å². The minimum absolute atomic E-state index is 0.00935. The number of halogens is 1. The number of hydrogen-bond donors (Lipinski definition) is 1. The van der Waals surface area contributed by atoms with E-state index >= 15 is 0 Å². The lowest BCUT2D eigenvalue weighted by molar-refractivity contribution is 0.0946. The molecule has 2 aromatic rings. The molecule has 1 saturated heterocycles. The second-order valence-corrected chi connectivity index (χ2v) is 10.7. The first-order valence-corrected chi connectivity index (χ1v) is 11.5. The van der Waals surface area contributed by atoms with E-state index in [-0.39, 0.29) is 23.6 Å². The molecule has 3 rings (SSSR count). The van der Waals surface area contributed by atoms with Crippen LogP contribution in [0.25, 0.3) is 0 Å². The minimum Gasteiger partial charge on any atom is -0.348 e. The van der Waals surface area contributed by atoms with Gasteiger partial charge in [-0.05, 0) is 36.2 Å². The Labute approximate surface area is 156 Å². The SMILES string of the molecule is O=C(NCc1cccnc1)c1cc(S(=O)(=O)C2CCS(=O)(=O)C2)ccc1F. The minimum atomic E-state index is -3.99. The second-order valence-electron chi connectivity index (χ2n) is 6.26. The maximum Gasteiger partial charge on any atom is 0.254 e. The number of amides is 1. The van der Waals surface area contributed by atoms with Gasteiger partial charge in [-0.25, -0.2) is 21.2 Å². The first-order valence-electron chi connectivity index (χ1n) is 8.10. The molecular weight excluding hydrogens is 395 g/mol. The summed E-state index contributed by atoms with van der Waals surface area (Å²) in [6.45, 7) is 0.101. The number of hydrogen-bond acceptors (Lipinski definition) is 6. The van der Waals surface area contributed by atoms with Gasteiger partial charge in [0.15, 0.2) is 19.7 Å². The molecule has 0 radical (unpaired) electrons. The van der Waals surface area contributed by atoms with Gasteiger partial charge in [-0.15, -0.1) is 0 Å². The zero-order valence-corrected chi connectivity index (χ0v) is 15.8. The summed E-state index contributed by atoms with van der Waals surface area (Å²) < 4.78 is 62.5. The van der Waals surface area contributed by atoms with E-state index < -0.39 is 48.0 Å². The fourth-order valence-electron chi connectivity index (χ4n) is 2.83. The standard InChI is InChI=1S/C17H17FN2O5S2/c18-16-4-3-13(27(24,25)14-5-7-26(22,23)11-14)8-15(16)17(21)20-10-12-2-1-6-19-9-12/h1-4,6,8-9,14H,5,7,10-11H2,(H,20,21). The first kappa shape index (κ1) is 19.4. The predicted octanol–water partition coefficient (Wildman–Crippen LogP) is 1.11. The van der Waals surface area contributed by atoms with Gasteiger partial charge in [-0.3, -0.25) is 9.78 Å². The molecule has 27 heavy (non-hydrogen) atoms. The van der Waals surface area contributed by atoms with Gasteiger partial charge in [0, 0.05) is 18.9 Å². The Balaban J connectivity index is 1.82. The molecule has 7 nitrogen and oxygen atoms in total. The van der Waals surface area contributed by atoms with Crippen LogP contribution in [0.15, 0.2) is 47.6 Å². The van der Waals surface area contributed by atoms with E-state index in [0.29, 0.717) is 5.56 Å². The topological polar surface area (TPSA) is 110 Å². The fourth-order valence-corrected chi connectivity index (χ4v) is 7.22. The Kier molecular flexibility index (Phi) is 5.29. The van der Waals surface area contributed by atoms with Crippen LogP contribution in [0, 0.1) is 5.82 Å². The maximum atomic E-state index is 14.1. The van der Waals surface area contributed by atoms with E-state index in [1.165, 1.54) is 6.20 Å². The number of rotatable bonds is 5. The lowest BCUT2D eigenvalue weighted by atomic mass is 10.2.